The minimum absolute atomic E-state index is 0.107. The average Bonchev–Trinajstić information content (AvgIpc) is 2.61. The van der Waals surface area contributed by atoms with Crippen LogP contribution in [-0.2, 0) is 6.42 Å². The zero-order chi connectivity index (χ0) is 19.4. The molecule has 2 aromatic heterocycles. The second kappa shape index (κ2) is 7.73. The number of aromatic nitrogens is 3. The second-order valence-corrected chi connectivity index (χ2v) is 5.83. The molecule has 0 amide bonds. The van der Waals surface area contributed by atoms with Crippen LogP contribution in [-0.4, -0.2) is 34.3 Å². The molecule has 9 heteroatoms. The molecule has 142 valence electrons. The number of halogens is 4. The molecule has 3 aromatic rings. The molecular formula is C18H15F4N3O2. The first-order chi connectivity index (χ1) is 12.8. The van der Waals surface area contributed by atoms with Gasteiger partial charge in [0, 0.05) is 18.7 Å². The van der Waals surface area contributed by atoms with Gasteiger partial charge >= 0.3 is 6.18 Å². The van der Waals surface area contributed by atoms with Gasteiger partial charge in [-0.3, -0.25) is 0 Å². The van der Waals surface area contributed by atoms with Crippen molar-refractivity contribution in [3.63, 3.8) is 0 Å². The zero-order valence-electron chi connectivity index (χ0n) is 14.3. The third-order valence-corrected chi connectivity index (χ3v) is 3.61. The smallest absolute Gasteiger partial charge is 0.422 e. The summed E-state index contributed by atoms with van der Waals surface area (Å²) in [6, 6.07) is 6.08. The number of pyridine rings is 1. The number of hydrogen-bond donors (Lipinski definition) is 0. The Morgan fingerprint density at radius 1 is 1.04 bits per heavy atom. The number of benzene rings is 1. The molecule has 27 heavy (non-hydrogen) atoms. The maximum Gasteiger partial charge on any atom is 0.422 e. The first kappa shape index (κ1) is 18.8. The minimum Gasteiger partial charge on any atom is -0.477 e. The van der Waals surface area contributed by atoms with E-state index in [-0.39, 0.29) is 23.9 Å². The lowest BCUT2D eigenvalue weighted by molar-refractivity contribution is -0.154. The number of aryl methyl sites for hydroxylation is 1. The van der Waals surface area contributed by atoms with Crippen molar-refractivity contribution in [3.8, 4) is 11.8 Å². The van der Waals surface area contributed by atoms with Gasteiger partial charge in [0.1, 0.15) is 17.7 Å². The highest BCUT2D eigenvalue weighted by atomic mass is 19.4. The maximum atomic E-state index is 14.0. The summed E-state index contributed by atoms with van der Waals surface area (Å²) in [4.78, 5) is 11.8. The van der Waals surface area contributed by atoms with Crippen molar-refractivity contribution in [2.75, 3.05) is 13.2 Å². The van der Waals surface area contributed by atoms with Crippen LogP contribution in [0.5, 0.6) is 11.8 Å². The summed E-state index contributed by atoms with van der Waals surface area (Å²) in [5.74, 6) is -0.290. The van der Waals surface area contributed by atoms with Gasteiger partial charge in [-0.2, -0.15) is 13.2 Å². The van der Waals surface area contributed by atoms with Gasteiger partial charge in [-0.25, -0.2) is 19.3 Å². The quantitative estimate of drug-likeness (QED) is 0.604. The molecule has 0 spiro atoms. The van der Waals surface area contributed by atoms with E-state index in [1.54, 1.807) is 19.1 Å². The van der Waals surface area contributed by atoms with Crippen molar-refractivity contribution >= 4 is 10.9 Å². The van der Waals surface area contributed by atoms with Crippen LogP contribution in [0.3, 0.4) is 0 Å². The van der Waals surface area contributed by atoms with E-state index in [1.165, 1.54) is 24.7 Å². The molecule has 2 heterocycles. The van der Waals surface area contributed by atoms with E-state index in [2.05, 4.69) is 19.7 Å². The predicted octanol–water partition coefficient (Wildman–Crippen LogP) is 4.03. The highest BCUT2D eigenvalue weighted by Crippen LogP contribution is 2.25. The molecule has 3 rings (SSSR count). The molecule has 0 saturated heterocycles. The first-order valence-corrected chi connectivity index (χ1v) is 8.00. The van der Waals surface area contributed by atoms with Crippen LogP contribution in [0.2, 0.25) is 0 Å². The summed E-state index contributed by atoms with van der Waals surface area (Å²) in [5, 5.41) is 0.476. The fourth-order valence-corrected chi connectivity index (χ4v) is 2.42. The van der Waals surface area contributed by atoms with Crippen LogP contribution in [0.4, 0.5) is 17.6 Å². The Labute approximate surface area is 152 Å². The topological polar surface area (TPSA) is 57.1 Å². The van der Waals surface area contributed by atoms with Crippen molar-refractivity contribution < 1.29 is 27.0 Å². The Bertz CT molecular complexity index is 930. The van der Waals surface area contributed by atoms with Crippen molar-refractivity contribution in [1.29, 1.82) is 0 Å². The van der Waals surface area contributed by atoms with Crippen LogP contribution in [0.1, 0.15) is 11.1 Å². The van der Waals surface area contributed by atoms with E-state index >= 15 is 0 Å². The van der Waals surface area contributed by atoms with Crippen molar-refractivity contribution in [3.05, 3.63) is 53.7 Å². The van der Waals surface area contributed by atoms with E-state index < -0.39 is 18.6 Å². The predicted molar refractivity (Wildman–Crippen MR) is 89.2 cm³/mol. The van der Waals surface area contributed by atoms with E-state index in [1.807, 2.05) is 0 Å². The molecule has 0 atom stereocenters. The second-order valence-electron chi connectivity index (χ2n) is 5.83. The van der Waals surface area contributed by atoms with E-state index in [0.29, 0.717) is 11.8 Å². The summed E-state index contributed by atoms with van der Waals surface area (Å²) >= 11 is 0. The lowest BCUT2D eigenvalue weighted by Crippen LogP contribution is -2.19. The van der Waals surface area contributed by atoms with Crippen molar-refractivity contribution in [2.24, 2.45) is 0 Å². The minimum atomic E-state index is -4.41. The van der Waals surface area contributed by atoms with Gasteiger partial charge in [-0.15, -0.1) is 0 Å². The third kappa shape index (κ3) is 5.02. The first-order valence-electron chi connectivity index (χ1n) is 8.00. The monoisotopic (exact) mass is 381 g/mol. The van der Waals surface area contributed by atoms with Crippen LogP contribution in [0.15, 0.2) is 36.8 Å². The lowest BCUT2D eigenvalue weighted by atomic mass is 10.1. The number of hydrogen-bond acceptors (Lipinski definition) is 5. The van der Waals surface area contributed by atoms with Crippen LogP contribution in [0, 0.1) is 12.7 Å². The highest BCUT2D eigenvalue weighted by Gasteiger charge is 2.28. The van der Waals surface area contributed by atoms with Gasteiger partial charge in [0.25, 0.3) is 0 Å². The van der Waals surface area contributed by atoms with Crippen LogP contribution >= 0.6 is 0 Å². The summed E-state index contributed by atoms with van der Waals surface area (Å²) in [6.45, 7) is 0.596. The fraction of sp³-hybridized carbons (Fsp3) is 0.278. The van der Waals surface area contributed by atoms with Crippen molar-refractivity contribution in [1.82, 2.24) is 15.0 Å². The Morgan fingerprint density at radius 2 is 1.85 bits per heavy atom. The van der Waals surface area contributed by atoms with Gasteiger partial charge in [0.2, 0.25) is 11.8 Å². The van der Waals surface area contributed by atoms with Crippen molar-refractivity contribution in [2.45, 2.75) is 19.5 Å². The number of ether oxygens (including phenoxy) is 2. The maximum absolute atomic E-state index is 14.0. The molecule has 0 radical (unpaired) electrons. The van der Waals surface area contributed by atoms with Crippen LogP contribution in [0.25, 0.3) is 10.9 Å². The van der Waals surface area contributed by atoms with Crippen LogP contribution < -0.4 is 9.47 Å². The van der Waals surface area contributed by atoms with E-state index in [4.69, 9.17) is 4.74 Å². The molecule has 0 fully saturated rings. The van der Waals surface area contributed by atoms with E-state index in [0.717, 1.165) is 11.1 Å². The molecule has 0 aliphatic carbocycles. The number of fused-ring (bicyclic) bond motifs is 1. The molecule has 0 unspecified atom stereocenters. The Balaban J connectivity index is 1.61. The zero-order valence-corrected chi connectivity index (χ0v) is 14.3. The largest absolute Gasteiger partial charge is 0.477 e. The molecular weight excluding hydrogens is 366 g/mol. The summed E-state index contributed by atoms with van der Waals surface area (Å²) in [5.41, 5.74) is 1.65. The standard InChI is InChI=1S/C18H15F4N3O2/c1-11-6-13-16(14(19)7-11)24-10-25-17(13)26-5-4-12-2-3-15(23-8-12)27-9-18(20,21)22/h2-3,6-8,10H,4-5,9H2,1H3. The molecule has 1 aromatic carbocycles. The highest BCUT2D eigenvalue weighted by molar-refractivity contribution is 5.84. The summed E-state index contributed by atoms with van der Waals surface area (Å²) in [6.07, 6.45) is -1.33. The summed E-state index contributed by atoms with van der Waals surface area (Å²) in [7, 11) is 0. The fourth-order valence-electron chi connectivity index (χ4n) is 2.42. The van der Waals surface area contributed by atoms with E-state index in [9.17, 15) is 17.6 Å². The average molecular weight is 381 g/mol. The molecule has 5 nitrogen and oxygen atoms in total. The Hall–Kier alpha value is -2.97. The van der Waals surface area contributed by atoms with Gasteiger partial charge < -0.3 is 9.47 Å². The lowest BCUT2D eigenvalue weighted by Gasteiger charge is -2.10. The van der Waals surface area contributed by atoms with Gasteiger partial charge in [0.15, 0.2) is 6.61 Å². The van der Waals surface area contributed by atoms with Gasteiger partial charge in [-0.05, 0) is 30.2 Å². The molecule has 0 aliphatic heterocycles. The third-order valence-electron chi connectivity index (χ3n) is 3.61. The van der Waals surface area contributed by atoms with Gasteiger partial charge in [0.05, 0.1) is 12.0 Å². The molecule has 0 aliphatic rings. The molecule has 0 saturated carbocycles. The molecule has 0 bridgehead atoms. The Morgan fingerprint density at radius 3 is 2.56 bits per heavy atom. The SMILES string of the molecule is Cc1cc(F)c2ncnc(OCCc3ccc(OCC(F)(F)F)nc3)c2c1. The number of alkyl halides is 3. The molecule has 0 N–H and O–H groups in total. The van der Waals surface area contributed by atoms with Gasteiger partial charge in [-0.1, -0.05) is 6.07 Å². The number of rotatable bonds is 6. The summed E-state index contributed by atoms with van der Waals surface area (Å²) < 4.78 is 60.5. The Kier molecular flexibility index (Phi) is 5.38. The number of nitrogens with zero attached hydrogens (tertiary/aromatic N) is 3. The normalized spacial score (nSPS) is 11.6.